The predicted molar refractivity (Wildman–Crippen MR) is 83.0 cm³/mol. The molecule has 0 aliphatic rings. The maximum atomic E-state index is 11.8. The molecule has 0 saturated carbocycles. The van der Waals surface area contributed by atoms with Crippen LogP contribution in [0.1, 0.15) is 11.1 Å². The molecule has 2 rings (SSSR count). The fourth-order valence-electron chi connectivity index (χ4n) is 1.63. The topological polar surface area (TPSA) is 29.1 Å². The number of benzene rings is 2. The van der Waals surface area contributed by atoms with Gasteiger partial charge in [0.25, 0.3) is 0 Å². The molecular weight excluding hydrogens is 302 g/mol. The van der Waals surface area contributed by atoms with E-state index in [9.17, 15) is 4.79 Å². The Morgan fingerprint density at radius 2 is 1.79 bits per heavy atom. The Bertz CT molecular complexity index is 602. The fourth-order valence-corrected chi connectivity index (χ4v) is 1.90. The highest BCUT2D eigenvalue weighted by atomic mass is 79.9. The Kier molecular flexibility index (Phi) is 4.53. The molecule has 1 amide bonds. The van der Waals surface area contributed by atoms with Crippen LogP contribution in [0, 0.1) is 6.92 Å². The molecule has 0 aliphatic heterocycles. The van der Waals surface area contributed by atoms with Crippen LogP contribution in [0.4, 0.5) is 5.69 Å². The molecule has 3 heteroatoms. The second kappa shape index (κ2) is 6.34. The van der Waals surface area contributed by atoms with Crippen LogP contribution in [0.15, 0.2) is 59.1 Å². The Morgan fingerprint density at radius 1 is 1.11 bits per heavy atom. The minimum Gasteiger partial charge on any atom is -0.322 e. The van der Waals surface area contributed by atoms with Crippen LogP contribution in [-0.4, -0.2) is 5.91 Å². The second-order valence-electron chi connectivity index (χ2n) is 4.19. The normalized spacial score (nSPS) is 10.6. The monoisotopic (exact) mass is 315 g/mol. The number of carbonyl (C=O) groups excluding carboxylic acids is 1. The van der Waals surface area contributed by atoms with E-state index in [0.29, 0.717) is 0 Å². The van der Waals surface area contributed by atoms with E-state index in [1.54, 1.807) is 6.08 Å². The summed E-state index contributed by atoms with van der Waals surface area (Å²) in [6, 6.07) is 15.5. The Hall–Kier alpha value is -1.87. The molecule has 0 bridgehead atoms. The molecule has 0 atom stereocenters. The zero-order valence-electron chi connectivity index (χ0n) is 10.6. The molecule has 2 aromatic carbocycles. The van der Waals surface area contributed by atoms with Gasteiger partial charge in [-0.05, 0) is 42.3 Å². The van der Waals surface area contributed by atoms with Gasteiger partial charge in [-0.2, -0.15) is 0 Å². The van der Waals surface area contributed by atoms with E-state index < -0.39 is 0 Å². The molecule has 96 valence electrons. The van der Waals surface area contributed by atoms with Gasteiger partial charge in [0, 0.05) is 16.2 Å². The lowest BCUT2D eigenvalue weighted by Gasteiger charge is -2.05. The standard InChI is InChI=1S/C16H14BrNO/c1-12-4-2-3-5-15(12)18-16(19)11-8-13-6-9-14(17)10-7-13/h2-11H,1H3,(H,18,19)/b11-8+. The third-order valence-corrected chi connectivity index (χ3v) is 3.23. The Labute approximate surface area is 121 Å². The quantitative estimate of drug-likeness (QED) is 0.835. The average molecular weight is 316 g/mol. The smallest absolute Gasteiger partial charge is 0.248 e. The van der Waals surface area contributed by atoms with Gasteiger partial charge < -0.3 is 5.32 Å². The Balaban J connectivity index is 2.02. The summed E-state index contributed by atoms with van der Waals surface area (Å²) in [5, 5.41) is 2.86. The molecule has 0 saturated heterocycles. The van der Waals surface area contributed by atoms with Crippen molar-refractivity contribution in [3.8, 4) is 0 Å². The molecule has 0 unspecified atom stereocenters. The lowest BCUT2D eigenvalue weighted by Crippen LogP contribution is -2.08. The van der Waals surface area contributed by atoms with Gasteiger partial charge in [0.05, 0.1) is 0 Å². The van der Waals surface area contributed by atoms with Crippen molar-refractivity contribution in [3.63, 3.8) is 0 Å². The van der Waals surface area contributed by atoms with E-state index in [1.807, 2.05) is 55.5 Å². The van der Waals surface area contributed by atoms with Crippen molar-refractivity contribution in [1.82, 2.24) is 0 Å². The van der Waals surface area contributed by atoms with Gasteiger partial charge in [-0.25, -0.2) is 0 Å². The minimum atomic E-state index is -0.128. The summed E-state index contributed by atoms with van der Waals surface area (Å²) < 4.78 is 1.02. The highest BCUT2D eigenvalue weighted by Gasteiger charge is 2.00. The maximum absolute atomic E-state index is 11.8. The summed E-state index contributed by atoms with van der Waals surface area (Å²) in [6.45, 7) is 1.97. The van der Waals surface area contributed by atoms with Crippen LogP contribution in [-0.2, 0) is 4.79 Å². The Morgan fingerprint density at radius 3 is 2.47 bits per heavy atom. The third-order valence-electron chi connectivity index (χ3n) is 2.70. The summed E-state index contributed by atoms with van der Waals surface area (Å²) in [4.78, 5) is 11.8. The van der Waals surface area contributed by atoms with Gasteiger partial charge in [-0.1, -0.05) is 46.3 Å². The average Bonchev–Trinajstić information content (AvgIpc) is 2.41. The fraction of sp³-hybridized carbons (Fsp3) is 0.0625. The van der Waals surface area contributed by atoms with E-state index in [-0.39, 0.29) is 5.91 Å². The number of carbonyl (C=O) groups is 1. The van der Waals surface area contributed by atoms with Crippen LogP contribution in [0.3, 0.4) is 0 Å². The van der Waals surface area contributed by atoms with Crippen molar-refractivity contribution >= 4 is 33.6 Å². The summed E-state index contributed by atoms with van der Waals surface area (Å²) in [5.41, 5.74) is 2.88. The molecular formula is C16H14BrNO. The maximum Gasteiger partial charge on any atom is 0.248 e. The van der Waals surface area contributed by atoms with Crippen molar-refractivity contribution in [2.24, 2.45) is 0 Å². The van der Waals surface area contributed by atoms with Crippen LogP contribution in [0.5, 0.6) is 0 Å². The first-order valence-electron chi connectivity index (χ1n) is 5.95. The molecule has 1 N–H and O–H groups in total. The summed E-state index contributed by atoms with van der Waals surface area (Å²) >= 11 is 3.37. The first-order chi connectivity index (χ1) is 9.15. The van der Waals surface area contributed by atoms with Gasteiger partial charge in [-0.15, -0.1) is 0 Å². The van der Waals surface area contributed by atoms with Gasteiger partial charge in [-0.3, -0.25) is 4.79 Å². The number of amides is 1. The molecule has 0 aliphatic carbocycles. The SMILES string of the molecule is Cc1ccccc1NC(=O)/C=C/c1ccc(Br)cc1. The van der Waals surface area contributed by atoms with E-state index in [0.717, 1.165) is 21.3 Å². The van der Waals surface area contributed by atoms with Gasteiger partial charge in [0.15, 0.2) is 0 Å². The lowest BCUT2D eigenvalue weighted by molar-refractivity contribution is -0.111. The largest absolute Gasteiger partial charge is 0.322 e. The number of rotatable bonds is 3. The van der Waals surface area contributed by atoms with Crippen LogP contribution < -0.4 is 5.32 Å². The zero-order chi connectivity index (χ0) is 13.7. The number of para-hydroxylation sites is 1. The molecule has 2 aromatic rings. The molecule has 0 fully saturated rings. The predicted octanol–water partition coefficient (Wildman–Crippen LogP) is 4.41. The molecule has 2 nitrogen and oxygen atoms in total. The highest BCUT2D eigenvalue weighted by molar-refractivity contribution is 9.10. The van der Waals surface area contributed by atoms with Crippen LogP contribution >= 0.6 is 15.9 Å². The molecule has 0 spiro atoms. The molecule has 0 aromatic heterocycles. The van der Waals surface area contributed by atoms with E-state index in [4.69, 9.17) is 0 Å². The number of aryl methyl sites for hydroxylation is 1. The number of hydrogen-bond donors (Lipinski definition) is 1. The van der Waals surface area contributed by atoms with Crippen LogP contribution in [0.2, 0.25) is 0 Å². The van der Waals surface area contributed by atoms with Crippen molar-refractivity contribution in [2.45, 2.75) is 6.92 Å². The highest BCUT2D eigenvalue weighted by Crippen LogP contribution is 2.14. The van der Waals surface area contributed by atoms with Crippen molar-refractivity contribution < 1.29 is 4.79 Å². The van der Waals surface area contributed by atoms with Gasteiger partial charge >= 0.3 is 0 Å². The third kappa shape index (κ3) is 4.07. The second-order valence-corrected chi connectivity index (χ2v) is 5.10. The molecule has 0 radical (unpaired) electrons. The number of nitrogens with one attached hydrogen (secondary N) is 1. The molecule has 19 heavy (non-hydrogen) atoms. The van der Waals surface area contributed by atoms with E-state index >= 15 is 0 Å². The number of hydrogen-bond acceptors (Lipinski definition) is 1. The minimum absolute atomic E-state index is 0.128. The molecule has 0 heterocycles. The first-order valence-corrected chi connectivity index (χ1v) is 6.75. The van der Waals surface area contributed by atoms with Crippen molar-refractivity contribution in [1.29, 1.82) is 0 Å². The van der Waals surface area contributed by atoms with Gasteiger partial charge in [0.1, 0.15) is 0 Å². The van der Waals surface area contributed by atoms with Gasteiger partial charge in [0.2, 0.25) is 5.91 Å². The summed E-state index contributed by atoms with van der Waals surface area (Å²) in [5.74, 6) is -0.128. The van der Waals surface area contributed by atoms with E-state index in [1.165, 1.54) is 6.08 Å². The van der Waals surface area contributed by atoms with Crippen molar-refractivity contribution in [2.75, 3.05) is 5.32 Å². The number of anilines is 1. The summed E-state index contributed by atoms with van der Waals surface area (Å²) in [6.07, 6.45) is 3.33. The first kappa shape index (κ1) is 13.6. The number of halogens is 1. The summed E-state index contributed by atoms with van der Waals surface area (Å²) in [7, 11) is 0. The van der Waals surface area contributed by atoms with E-state index in [2.05, 4.69) is 21.2 Å². The van der Waals surface area contributed by atoms with Crippen LogP contribution in [0.25, 0.3) is 6.08 Å². The lowest BCUT2D eigenvalue weighted by atomic mass is 10.2. The zero-order valence-corrected chi connectivity index (χ0v) is 12.1. The van der Waals surface area contributed by atoms with Crippen molar-refractivity contribution in [3.05, 3.63) is 70.2 Å².